The topological polar surface area (TPSA) is 72.2 Å². The van der Waals surface area contributed by atoms with Gasteiger partial charge in [0.15, 0.2) is 0 Å². The summed E-state index contributed by atoms with van der Waals surface area (Å²) < 4.78 is 28.7. The maximum atomic E-state index is 12.6. The molecule has 2 aromatic heterocycles. The average molecular weight is 407 g/mol. The van der Waals surface area contributed by atoms with E-state index in [1.165, 1.54) is 16.2 Å². The van der Waals surface area contributed by atoms with Crippen LogP contribution in [0.4, 0.5) is 0 Å². The number of nitrogens with one attached hydrogen (secondary N) is 1. The van der Waals surface area contributed by atoms with Gasteiger partial charge in [0.25, 0.3) is 0 Å². The molecule has 3 rings (SSSR count). The van der Waals surface area contributed by atoms with Gasteiger partial charge in [0.1, 0.15) is 4.90 Å². The van der Waals surface area contributed by atoms with Crippen molar-refractivity contribution in [1.29, 1.82) is 0 Å². The zero-order chi connectivity index (χ0) is 15.0. The molecule has 0 radical (unpaired) electrons. The van der Waals surface area contributed by atoms with Crippen molar-refractivity contribution in [2.45, 2.75) is 36.7 Å². The van der Waals surface area contributed by atoms with Crippen molar-refractivity contribution < 1.29 is 8.42 Å². The zero-order valence-corrected chi connectivity index (χ0v) is 15.2. The molecule has 114 valence electrons. The molecule has 3 N–H and O–H groups in total. The van der Waals surface area contributed by atoms with E-state index >= 15 is 0 Å². The van der Waals surface area contributed by atoms with Crippen molar-refractivity contribution in [2.75, 3.05) is 0 Å². The largest absolute Gasteiger partial charge is 0.326 e. The first-order chi connectivity index (χ1) is 10.0. The molecule has 0 bridgehead atoms. The van der Waals surface area contributed by atoms with Crippen LogP contribution in [-0.2, 0) is 23.0 Å². The summed E-state index contributed by atoms with van der Waals surface area (Å²) in [5.41, 5.74) is 6.71. The first kappa shape index (κ1) is 15.6. The fourth-order valence-electron chi connectivity index (χ4n) is 2.54. The van der Waals surface area contributed by atoms with Gasteiger partial charge in [0.05, 0.1) is 3.79 Å². The van der Waals surface area contributed by atoms with Crippen molar-refractivity contribution in [1.82, 2.24) is 4.72 Å². The Morgan fingerprint density at radius 3 is 3.00 bits per heavy atom. The zero-order valence-electron chi connectivity index (χ0n) is 11.1. The van der Waals surface area contributed by atoms with E-state index in [9.17, 15) is 8.42 Å². The van der Waals surface area contributed by atoms with Gasteiger partial charge in [0.2, 0.25) is 10.0 Å². The lowest BCUT2D eigenvalue weighted by Crippen LogP contribution is -2.30. The number of nitrogens with two attached hydrogens (primary N) is 1. The molecule has 1 aliphatic rings. The van der Waals surface area contributed by atoms with Gasteiger partial charge in [-0.15, -0.1) is 22.7 Å². The van der Waals surface area contributed by atoms with E-state index in [0.29, 0.717) is 10.3 Å². The minimum Gasteiger partial charge on any atom is -0.326 e. The molecule has 0 fully saturated rings. The highest BCUT2D eigenvalue weighted by atomic mass is 79.9. The van der Waals surface area contributed by atoms with Crippen LogP contribution in [0.3, 0.4) is 0 Å². The highest BCUT2D eigenvalue weighted by Gasteiger charge is 2.28. The summed E-state index contributed by atoms with van der Waals surface area (Å²) in [4.78, 5) is 2.43. The van der Waals surface area contributed by atoms with Gasteiger partial charge in [-0.25, -0.2) is 13.1 Å². The fraction of sp³-hybridized carbons (Fsp3) is 0.385. The summed E-state index contributed by atoms with van der Waals surface area (Å²) in [5, 5.41) is 2.03. The standard InChI is InChI=1S/C13H15BrN2O2S3/c14-13-12(6-8(7-15)20-13)21(17,18)16-10-2-1-3-11-9(10)4-5-19-11/h4-6,10,16H,1-3,7,15H2. The number of fused-ring (bicyclic) bond motifs is 1. The molecule has 1 unspecified atom stereocenters. The van der Waals surface area contributed by atoms with Gasteiger partial charge < -0.3 is 5.73 Å². The van der Waals surface area contributed by atoms with Crippen LogP contribution in [0.25, 0.3) is 0 Å². The molecule has 1 atom stereocenters. The molecule has 0 saturated carbocycles. The quantitative estimate of drug-likeness (QED) is 0.816. The number of hydrogen-bond donors (Lipinski definition) is 2. The van der Waals surface area contributed by atoms with E-state index in [4.69, 9.17) is 5.73 Å². The lowest BCUT2D eigenvalue weighted by Gasteiger charge is -2.23. The van der Waals surface area contributed by atoms with Crippen molar-refractivity contribution in [3.8, 4) is 0 Å². The summed E-state index contributed by atoms with van der Waals surface area (Å²) >= 11 is 6.40. The Morgan fingerprint density at radius 1 is 1.48 bits per heavy atom. The lowest BCUT2D eigenvalue weighted by molar-refractivity contribution is 0.511. The molecule has 0 spiro atoms. The maximum absolute atomic E-state index is 12.6. The molecule has 0 saturated heterocycles. The summed E-state index contributed by atoms with van der Waals surface area (Å²) in [6.07, 6.45) is 2.90. The Labute approximate surface area is 140 Å². The minimum absolute atomic E-state index is 0.127. The summed E-state index contributed by atoms with van der Waals surface area (Å²) in [5.74, 6) is 0. The monoisotopic (exact) mass is 406 g/mol. The van der Waals surface area contributed by atoms with Gasteiger partial charge in [-0.05, 0) is 58.3 Å². The van der Waals surface area contributed by atoms with Crippen molar-refractivity contribution >= 4 is 48.6 Å². The van der Waals surface area contributed by atoms with E-state index in [0.717, 1.165) is 29.7 Å². The third kappa shape index (κ3) is 3.11. The Balaban J connectivity index is 1.89. The molecular weight excluding hydrogens is 392 g/mol. The first-order valence-electron chi connectivity index (χ1n) is 6.58. The molecule has 2 aromatic rings. The number of rotatable bonds is 4. The Hall–Kier alpha value is -0.250. The van der Waals surface area contributed by atoms with E-state index in [-0.39, 0.29) is 10.9 Å². The Morgan fingerprint density at radius 2 is 2.29 bits per heavy atom. The van der Waals surface area contributed by atoms with Crippen LogP contribution in [-0.4, -0.2) is 8.42 Å². The number of hydrogen-bond acceptors (Lipinski definition) is 5. The SMILES string of the molecule is NCc1cc(S(=O)(=O)NC2CCCc3sccc32)c(Br)s1. The van der Waals surface area contributed by atoms with Crippen LogP contribution in [0.1, 0.15) is 34.2 Å². The maximum Gasteiger partial charge on any atom is 0.243 e. The van der Waals surface area contributed by atoms with Crippen LogP contribution in [0.2, 0.25) is 0 Å². The van der Waals surface area contributed by atoms with Crippen LogP contribution < -0.4 is 10.5 Å². The normalized spacial score (nSPS) is 18.7. The molecule has 2 heterocycles. The Bertz CT molecular complexity index is 751. The number of thiophene rings is 2. The highest BCUT2D eigenvalue weighted by molar-refractivity contribution is 9.11. The van der Waals surface area contributed by atoms with Crippen LogP contribution >= 0.6 is 38.6 Å². The van der Waals surface area contributed by atoms with Crippen LogP contribution in [0.15, 0.2) is 26.2 Å². The molecule has 0 aromatic carbocycles. The molecular formula is C13H15BrN2O2S3. The number of sulfonamides is 1. The smallest absolute Gasteiger partial charge is 0.243 e. The molecule has 21 heavy (non-hydrogen) atoms. The first-order valence-corrected chi connectivity index (χ1v) is 10.6. The van der Waals surface area contributed by atoms with Crippen molar-refractivity contribution in [3.05, 3.63) is 36.6 Å². The molecule has 4 nitrogen and oxygen atoms in total. The van der Waals surface area contributed by atoms with Gasteiger partial charge in [0, 0.05) is 22.3 Å². The van der Waals surface area contributed by atoms with E-state index in [1.54, 1.807) is 17.4 Å². The van der Waals surface area contributed by atoms with Crippen LogP contribution in [0.5, 0.6) is 0 Å². The van der Waals surface area contributed by atoms with Gasteiger partial charge in [-0.2, -0.15) is 0 Å². The third-order valence-corrected chi connectivity index (χ3v) is 8.29. The number of halogens is 1. The summed E-state index contributed by atoms with van der Waals surface area (Å²) in [6.45, 7) is 0.344. The summed E-state index contributed by atoms with van der Waals surface area (Å²) in [7, 11) is -3.54. The lowest BCUT2D eigenvalue weighted by atomic mass is 9.95. The van der Waals surface area contributed by atoms with Gasteiger partial charge in [-0.1, -0.05) is 0 Å². The second kappa shape index (κ2) is 6.10. The number of aryl methyl sites for hydroxylation is 1. The van der Waals surface area contributed by atoms with E-state index < -0.39 is 10.0 Å². The molecule has 1 aliphatic carbocycles. The molecule has 0 aliphatic heterocycles. The Kier molecular flexibility index (Phi) is 4.54. The predicted octanol–water partition coefficient (Wildman–Crippen LogP) is 3.39. The minimum atomic E-state index is -3.54. The van der Waals surface area contributed by atoms with Crippen LogP contribution in [0, 0.1) is 0 Å². The molecule has 0 amide bonds. The summed E-state index contributed by atoms with van der Waals surface area (Å²) in [6, 6.07) is 3.55. The molecule has 8 heteroatoms. The second-order valence-corrected chi connectivity index (χ2v) is 10.1. The van der Waals surface area contributed by atoms with Crippen molar-refractivity contribution in [3.63, 3.8) is 0 Å². The predicted molar refractivity (Wildman–Crippen MR) is 90.2 cm³/mol. The van der Waals surface area contributed by atoms with E-state index in [2.05, 4.69) is 20.7 Å². The van der Waals surface area contributed by atoms with E-state index in [1.807, 2.05) is 11.4 Å². The highest BCUT2D eigenvalue weighted by Crippen LogP contribution is 2.36. The van der Waals surface area contributed by atoms with Crippen molar-refractivity contribution in [2.24, 2.45) is 5.73 Å². The average Bonchev–Trinajstić information content (AvgIpc) is 3.05. The fourth-order valence-corrected chi connectivity index (χ4v) is 7.34. The third-order valence-electron chi connectivity index (χ3n) is 3.55. The second-order valence-electron chi connectivity index (χ2n) is 4.92. The van der Waals surface area contributed by atoms with Gasteiger partial charge >= 0.3 is 0 Å². The van der Waals surface area contributed by atoms with Gasteiger partial charge in [-0.3, -0.25) is 0 Å².